The summed E-state index contributed by atoms with van der Waals surface area (Å²) < 4.78 is 26.0. The quantitative estimate of drug-likeness (QED) is 0.739. The van der Waals surface area contributed by atoms with E-state index < -0.39 is 15.6 Å². The molecular formula is C12H27NO3S. The van der Waals surface area contributed by atoms with Gasteiger partial charge in [0, 0.05) is 6.54 Å². The lowest BCUT2D eigenvalue weighted by atomic mass is 9.94. The molecule has 0 saturated heterocycles. The second-order valence-electron chi connectivity index (χ2n) is 5.88. The minimum absolute atomic E-state index is 0.000561. The average Bonchev–Trinajstić information content (AvgIpc) is 2.23. The van der Waals surface area contributed by atoms with E-state index in [-0.39, 0.29) is 17.7 Å². The lowest BCUT2D eigenvalue weighted by Crippen LogP contribution is -2.43. The fourth-order valence-electron chi connectivity index (χ4n) is 1.26. The van der Waals surface area contributed by atoms with Crippen LogP contribution >= 0.6 is 0 Å². The van der Waals surface area contributed by atoms with Crippen molar-refractivity contribution in [3.05, 3.63) is 0 Å². The van der Waals surface area contributed by atoms with Gasteiger partial charge in [0.05, 0.1) is 11.4 Å². The molecule has 0 amide bonds. The lowest BCUT2D eigenvalue weighted by molar-refractivity contribution is 0.0377. The molecule has 0 spiro atoms. The summed E-state index contributed by atoms with van der Waals surface area (Å²) >= 11 is 0. The second-order valence-corrected chi connectivity index (χ2v) is 7.81. The van der Waals surface area contributed by atoms with Crippen molar-refractivity contribution in [1.29, 1.82) is 0 Å². The Morgan fingerprint density at radius 2 is 1.59 bits per heavy atom. The Hall–Kier alpha value is -0.130. The van der Waals surface area contributed by atoms with Crippen LogP contribution in [0.15, 0.2) is 0 Å². The minimum Gasteiger partial charge on any atom is -0.389 e. The van der Waals surface area contributed by atoms with E-state index in [4.69, 9.17) is 0 Å². The predicted molar refractivity (Wildman–Crippen MR) is 71.4 cm³/mol. The first kappa shape index (κ1) is 16.9. The standard InChI is InChI=1S/C12H27NO3S/c1-6-12(14,7-2)10-13-17(15,16)9-8-11(3,4)5/h13-14H,6-10H2,1-5H3. The van der Waals surface area contributed by atoms with Crippen LogP contribution in [-0.2, 0) is 10.0 Å². The molecule has 0 fully saturated rings. The van der Waals surface area contributed by atoms with Gasteiger partial charge in [-0.15, -0.1) is 0 Å². The summed E-state index contributed by atoms with van der Waals surface area (Å²) in [5.74, 6) is 0.111. The van der Waals surface area contributed by atoms with Gasteiger partial charge in [0.15, 0.2) is 0 Å². The maximum absolute atomic E-state index is 11.7. The van der Waals surface area contributed by atoms with Gasteiger partial charge in [0.1, 0.15) is 0 Å². The van der Waals surface area contributed by atoms with E-state index in [1.165, 1.54) is 0 Å². The smallest absolute Gasteiger partial charge is 0.211 e. The monoisotopic (exact) mass is 265 g/mol. The molecule has 0 aliphatic heterocycles. The second kappa shape index (κ2) is 6.16. The van der Waals surface area contributed by atoms with Crippen molar-refractivity contribution < 1.29 is 13.5 Å². The number of hydrogen-bond acceptors (Lipinski definition) is 3. The van der Waals surface area contributed by atoms with Crippen LogP contribution in [-0.4, -0.2) is 31.4 Å². The van der Waals surface area contributed by atoms with E-state index in [1.54, 1.807) is 0 Å². The molecule has 2 N–H and O–H groups in total. The first-order chi connectivity index (χ1) is 7.54. The predicted octanol–water partition coefficient (Wildman–Crippen LogP) is 1.89. The van der Waals surface area contributed by atoms with Crippen molar-refractivity contribution in [3.63, 3.8) is 0 Å². The first-order valence-corrected chi connectivity index (χ1v) is 7.88. The highest BCUT2D eigenvalue weighted by Crippen LogP contribution is 2.19. The molecule has 0 aromatic heterocycles. The molecule has 0 radical (unpaired) electrons. The van der Waals surface area contributed by atoms with Gasteiger partial charge in [0.2, 0.25) is 10.0 Å². The fraction of sp³-hybridized carbons (Fsp3) is 1.00. The van der Waals surface area contributed by atoms with Crippen molar-refractivity contribution in [2.45, 2.75) is 59.5 Å². The van der Waals surface area contributed by atoms with E-state index in [2.05, 4.69) is 4.72 Å². The van der Waals surface area contributed by atoms with Gasteiger partial charge in [-0.3, -0.25) is 0 Å². The van der Waals surface area contributed by atoms with E-state index >= 15 is 0 Å². The van der Waals surface area contributed by atoms with Crippen LogP contribution in [0, 0.1) is 5.41 Å². The SMILES string of the molecule is CCC(O)(CC)CNS(=O)(=O)CCC(C)(C)C. The summed E-state index contributed by atoms with van der Waals surface area (Å²) in [5, 5.41) is 9.99. The minimum atomic E-state index is -3.28. The van der Waals surface area contributed by atoms with E-state index in [9.17, 15) is 13.5 Å². The summed E-state index contributed by atoms with van der Waals surface area (Å²) in [6.45, 7) is 9.84. The van der Waals surface area contributed by atoms with Crippen LogP contribution in [0.2, 0.25) is 0 Å². The normalized spacial score (nSPS) is 14.0. The van der Waals surface area contributed by atoms with Gasteiger partial charge >= 0.3 is 0 Å². The number of aliphatic hydroxyl groups is 1. The topological polar surface area (TPSA) is 66.4 Å². The van der Waals surface area contributed by atoms with Gasteiger partial charge in [-0.05, 0) is 24.7 Å². The van der Waals surface area contributed by atoms with E-state index in [1.807, 2.05) is 34.6 Å². The highest BCUT2D eigenvalue weighted by Gasteiger charge is 2.25. The maximum atomic E-state index is 11.7. The Morgan fingerprint density at radius 1 is 1.12 bits per heavy atom. The zero-order valence-corrected chi connectivity index (χ0v) is 12.5. The molecule has 0 aliphatic rings. The highest BCUT2D eigenvalue weighted by atomic mass is 32.2. The third-order valence-electron chi connectivity index (χ3n) is 3.06. The molecule has 0 aliphatic carbocycles. The van der Waals surface area contributed by atoms with Crippen molar-refractivity contribution in [2.24, 2.45) is 5.41 Å². The van der Waals surface area contributed by atoms with Crippen molar-refractivity contribution in [2.75, 3.05) is 12.3 Å². The summed E-state index contributed by atoms with van der Waals surface area (Å²) in [5.41, 5.74) is -0.921. The Labute approximate surface area is 106 Å². The van der Waals surface area contributed by atoms with Crippen LogP contribution in [0.25, 0.3) is 0 Å². The lowest BCUT2D eigenvalue weighted by Gasteiger charge is -2.25. The van der Waals surface area contributed by atoms with E-state index in [0.717, 1.165) is 0 Å². The van der Waals surface area contributed by atoms with Crippen LogP contribution in [0.3, 0.4) is 0 Å². The summed E-state index contributed by atoms with van der Waals surface area (Å²) in [6.07, 6.45) is 1.70. The molecule has 0 rings (SSSR count). The number of sulfonamides is 1. The first-order valence-electron chi connectivity index (χ1n) is 6.23. The zero-order valence-electron chi connectivity index (χ0n) is 11.7. The third-order valence-corrected chi connectivity index (χ3v) is 4.38. The molecule has 0 unspecified atom stereocenters. The van der Waals surface area contributed by atoms with Gasteiger partial charge in [-0.2, -0.15) is 0 Å². The molecular weight excluding hydrogens is 238 g/mol. The molecule has 0 atom stereocenters. The third kappa shape index (κ3) is 7.73. The van der Waals surface area contributed by atoms with Gasteiger partial charge in [0.25, 0.3) is 0 Å². The average molecular weight is 265 g/mol. The Bertz CT molecular complexity index is 313. The summed E-state index contributed by atoms with van der Waals surface area (Å²) in [6, 6.07) is 0. The Morgan fingerprint density at radius 3 is 1.94 bits per heavy atom. The molecule has 0 aromatic carbocycles. The molecule has 17 heavy (non-hydrogen) atoms. The Kier molecular flexibility index (Phi) is 6.11. The molecule has 0 aromatic rings. The fourth-order valence-corrected chi connectivity index (χ4v) is 2.77. The summed E-state index contributed by atoms with van der Waals surface area (Å²) in [4.78, 5) is 0. The Balaban J connectivity index is 4.28. The van der Waals surface area contributed by atoms with Gasteiger partial charge in [-0.1, -0.05) is 34.6 Å². The number of nitrogens with one attached hydrogen (secondary N) is 1. The maximum Gasteiger partial charge on any atom is 0.211 e. The van der Waals surface area contributed by atoms with Crippen LogP contribution in [0.1, 0.15) is 53.9 Å². The number of rotatable bonds is 7. The number of hydrogen-bond donors (Lipinski definition) is 2. The van der Waals surface area contributed by atoms with Crippen molar-refractivity contribution >= 4 is 10.0 Å². The molecule has 5 heteroatoms. The zero-order chi connectivity index (χ0) is 13.7. The van der Waals surface area contributed by atoms with E-state index in [0.29, 0.717) is 19.3 Å². The molecule has 4 nitrogen and oxygen atoms in total. The molecule has 0 saturated carbocycles. The van der Waals surface area contributed by atoms with Crippen molar-refractivity contribution in [3.8, 4) is 0 Å². The molecule has 104 valence electrons. The van der Waals surface area contributed by atoms with Crippen LogP contribution < -0.4 is 4.72 Å². The van der Waals surface area contributed by atoms with Crippen molar-refractivity contribution in [1.82, 2.24) is 4.72 Å². The van der Waals surface area contributed by atoms with Crippen LogP contribution in [0.5, 0.6) is 0 Å². The summed E-state index contributed by atoms with van der Waals surface area (Å²) in [7, 11) is -3.28. The molecule has 0 bridgehead atoms. The van der Waals surface area contributed by atoms with Gasteiger partial charge < -0.3 is 5.11 Å². The highest BCUT2D eigenvalue weighted by molar-refractivity contribution is 7.89. The van der Waals surface area contributed by atoms with Gasteiger partial charge in [-0.25, -0.2) is 13.1 Å². The molecule has 0 heterocycles. The van der Waals surface area contributed by atoms with Crippen LogP contribution in [0.4, 0.5) is 0 Å². The largest absolute Gasteiger partial charge is 0.389 e.